The maximum Gasteiger partial charge on any atom is 0.0775 e. The minimum Gasteiger partial charge on any atom is -0.394 e. The fourth-order valence-corrected chi connectivity index (χ4v) is 2.13. The van der Waals surface area contributed by atoms with Crippen LogP contribution in [0, 0.1) is 0 Å². The minimum atomic E-state index is -0.149. The Morgan fingerprint density at radius 1 is 1.44 bits per heavy atom. The summed E-state index contributed by atoms with van der Waals surface area (Å²) in [5.74, 6) is 0. The molecule has 96 valence electrons. The lowest BCUT2D eigenvalue weighted by molar-refractivity contribution is 0.276. The van der Waals surface area contributed by atoms with Gasteiger partial charge in [-0.25, -0.2) is 0 Å². The third kappa shape index (κ3) is 2.91. The van der Waals surface area contributed by atoms with E-state index in [9.17, 15) is 5.11 Å². The fourth-order valence-electron chi connectivity index (χ4n) is 1.73. The van der Waals surface area contributed by atoms with Crippen LogP contribution in [0.2, 0.25) is 0 Å². The molecule has 0 amide bonds. The number of aliphatic hydroxyl groups excluding tert-OH is 1. The van der Waals surface area contributed by atoms with E-state index < -0.39 is 0 Å². The van der Waals surface area contributed by atoms with Crippen LogP contribution in [0.1, 0.15) is 18.5 Å². The maximum absolute atomic E-state index is 9.50. The highest BCUT2D eigenvalue weighted by Gasteiger charge is 2.13. The van der Waals surface area contributed by atoms with Crippen LogP contribution in [-0.4, -0.2) is 21.5 Å². The second-order valence-electron chi connectivity index (χ2n) is 3.99. The van der Waals surface area contributed by atoms with Crippen LogP contribution < -0.4 is 5.32 Å². The summed E-state index contributed by atoms with van der Waals surface area (Å²) in [5.41, 5.74) is 1.94. The Kier molecular flexibility index (Phi) is 4.38. The van der Waals surface area contributed by atoms with Gasteiger partial charge in [-0.05, 0) is 35.0 Å². The Labute approximate surface area is 115 Å². The van der Waals surface area contributed by atoms with E-state index in [0.29, 0.717) is 0 Å². The molecule has 0 spiro atoms. The van der Waals surface area contributed by atoms with Crippen LogP contribution >= 0.6 is 15.9 Å². The standard InChI is InChI=1S/C13H16BrN3O/c1-2-17-8-10(7-15-17)13(9-18)16-12-6-4-3-5-11(12)14/h3-8,13,16,18H,2,9H2,1H3. The molecule has 0 fully saturated rings. The van der Waals surface area contributed by atoms with Gasteiger partial charge in [-0.15, -0.1) is 0 Å². The number of hydrogen-bond donors (Lipinski definition) is 2. The molecule has 1 aromatic carbocycles. The number of hydrogen-bond acceptors (Lipinski definition) is 3. The van der Waals surface area contributed by atoms with Crippen LogP contribution in [0.25, 0.3) is 0 Å². The van der Waals surface area contributed by atoms with Crippen molar-refractivity contribution in [3.63, 3.8) is 0 Å². The van der Waals surface area contributed by atoms with Crippen molar-refractivity contribution in [2.45, 2.75) is 19.5 Å². The van der Waals surface area contributed by atoms with Gasteiger partial charge >= 0.3 is 0 Å². The third-order valence-electron chi connectivity index (χ3n) is 2.77. The molecule has 1 unspecified atom stereocenters. The van der Waals surface area contributed by atoms with Gasteiger partial charge in [0.25, 0.3) is 0 Å². The van der Waals surface area contributed by atoms with Gasteiger partial charge < -0.3 is 10.4 Å². The molecule has 2 N–H and O–H groups in total. The van der Waals surface area contributed by atoms with E-state index in [0.717, 1.165) is 22.3 Å². The largest absolute Gasteiger partial charge is 0.394 e. The Morgan fingerprint density at radius 2 is 2.22 bits per heavy atom. The molecule has 2 aromatic rings. The van der Waals surface area contributed by atoms with E-state index in [1.807, 2.05) is 42.1 Å². The molecule has 0 aliphatic heterocycles. The lowest BCUT2D eigenvalue weighted by atomic mass is 10.1. The Morgan fingerprint density at radius 3 is 2.83 bits per heavy atom. The maximum atomic E-state index is 9.50. The molecule has 0 bridgehead atoms. The van der Waals surface area contributed by atoms with Gasteiger partial charge in [0.2, 0.25) is 0 Å². The predicted molar refractivity (Wildman–Crippen MR) is 75.5 cm³/mol. The highest BCUT2D eigenvalue weighted by Crippen LogP contribution is 2.26. The summed E-state index contributed by atoms with van der Waals surface area (Å²) in [6.45, 7) is 2.88. The van der Waals surface area contributed by atoms with Crippen molar-refractivity contribution in [3.05, 3.63) is 46.7 Å². The first-order valence-corrected chi connectivity index (χ1v) is 6.68. The Bertz CT molecular complexity index is 512. The molecule has 2 rings (SSSR count). The molecule has 0 saturated heterocycles. The quantitative estimate of drug-likeness (QED) is 0.893. The molecule has 1 heterocycles. The summed E-state index contributed by atoms with van der Waals surface area (Å²) in [6, 6.07) is 7.70. The van der Waals surface area contributed by atoms with E-state index in [1.165, 1.54) is 0 Å². The summed E-state index contributed by atoms with van der Waals surface area (Å²) in [5, 5.41) is 17.0. The molecular formula is C13H16BrN3O. The van der Waals surface area contributed by atoms with E-state index >= 15 is 0 Å². The first-order chi connectivity index (χ1) is 8.74. The van der Waals surface area contributed by atoms with E-state index in [1.54, 1.807) is 6.20 Å². The lowest BCUT2D eigenvalue weighted by Crippen LogP contribution is -2.14. The van der Waals surface area contributed by atoms with Gasteiger partial charge in [0.05, 0.1) is 18.8 Å². The predicted octanol–water partition coefficient (Wildman–Crippen LogP) is 2.81. The van der Waals surface area contributed by atoms with Crippen LogP contribution in [0.3, 0.4) is 0 Å². The number of aliphatic hydroxyl groups is 1. The van der Waals surface area contributed by atoms with Crippen molar-refractivity contribution < 1.29 is 5.11 Å². The normalized spacial score (nSPS) is 12.4. The molecule has 1 aromatic heterocycles. The number of halogens is 1. The number of aromatic nitrogens is 2. The van der Waals surface area contributed by atoms with Gasteiger partial charge in [-0.1, -0.05) is 12.1 Å². The van der Waals surface area contributed by atoms with E-state index in [-0.39, 0.29) is 12.6 Å². The first-order valence-electron chi connectivity index (χ1n) is 5.89. The van der Waals surface area contributed by atoms with Crippen LogP contribution in [0.15, 0.2) is 41.1 Å². The van der Waals surface area contributed by atoms with E-state index in [4.69, 9.17) is 0 Å². The highest BCUT2D eigenvalue weighted by atomic mass is 79.9. The number of anilines is 1. The van der Waals surface area contributed by atoms with Crippen LogP contribution in [-0.2, 0) is 6.54 Å². The smallest absolute Gasteiger partial charge is 0.0775 e. The SMILES string of the molecule is CCn1cc(C(CO)Nc2ccccc2Br)cn1. The number of aryl methyl sites for hydroxylation is 1. The molecule has 0 radical (unpaired) electrons. The number of benzene rings is 1. The molecule has 0 aliphatic rings. The van der Waals surface area contributed by atoms with Crippen molar-refractivity contribution in [2.75, 3.05) is 11.9 Å². The third-order valence-corrected chi connectivity index (χ3v) is 3.46. The lowest BCUT2D eigenvalue weighted by Gasteiger charge is -2.17. The number of nitrogens with zero attached hydrogens (tertiary/aromatic N) is 2. The Hall–Kier alpha value is -1.33. The zero-order valence-electron chi connectivity index (χ0n) is 10.2. The average molecular weight is 310 g/mol. The van der Waals surface area contributed by atoms with Crippen molar-refractivity contribution in [2.24, 2.45) is 0 Å². The van der Waals surface area contributed by atoms with Gasteiger partial charge in [-0.3, -0.25) is 4.68 Å². The number of para-hydroxylation sites is 1. The summed E-state index contributed by atoms with van der Waals surface area (Å²) >= 11 is 3.48. The molecule has 1 atom stereocenters. The molecule has 18 heavy (non-hydrogen) atoms. The summed E-state index contributed by atoms with van der Waals surface area (Å²) in [4.78, 5) is 0. The number of nitrogens with one attached hydrogen (secondary N) is 1. The second-order valence-corrected chi connectivity index (χ2v) is 4.84. The topological polar surface area (TPSA) is 50.1 Å². The molecule has 0 saturated carbocycles. The van der Waals surface area contributed by atoms with Crippen molar-refractivity contribution in [1.29, 1.82) is 0 Å². The van der Waals surface area contributed by atoms with Gasteiger partial charge in [0, 0.05) is 28.5 Å². The van der Waals surface area contributed by atoms with Gasteiger partial charge in [0.1, 0.15) is 0 Å². The zero-order valence-corrected chi connectivity index (χ0v) is 11.8. The minimum absolute atomic E-state index is 0.0245. The summed E-state index contributed by atoms with van der Waals surface area (Å²) in [7, 11) is 0. The Balaban J connectivity index is 2.17. The highest BCUT2D eigenvalue weighted by molar-refractivity contribution is 9.10. The summed E-state index contributed by atoms with van der Waals surface area (Å²) < 4.78 is 2.83. The molecule has 0 aliphatic carbocycles. The summed E-state index contributed by atoms with van der Waals surface area (Å²) in [6.07, 6.45) is 3.74. The first kappa shape index (κ1) is 13.1. The van der Waals surface area contributed by atoms with Gasteiger partial charge in [-0.2, -0.15) is 5.10 Å². The average Bonchev–Trinajstić information content (AvgIpc) is 2.86. The number of rotatable bonds is 5. The zero-order chi connectivity index (χ0) is 13.0. The van der Waals surface area contributed by atoms with Crippen LogP contribution in [0.5, 0.6) is 0 Å². The van der Waals surface area contributed by atoms with Crippen molar-refractivity contribution in [3.8, 4) is 0 Å². The van der Waals surface area contributed by atoms with Crippen LogP contribution in [0.4, 0.5) is 5.69 Å². The molecular weight excluding hydrogens is 294 g/mol. The van der Waals surface area contributed by atoms with Crippen molar-refractivity contribution in [1.82, 2.24) is 9.78 Å². The monoisotopic (exact) mass is 309 g/mol. The van der Waals surface area contributed by atoms with E-state index in [2.05, 4.69) is 26.3 Å². The van der Waals surface area contributed by atoms with Crippen molar-refractivity contribution >= 4 is 21.6 Å². The van der Waals surface area contributed by atoms with Gasteiger partial charge in [0.15, 0.2) is 0 Å². The fraction of sp³-hybridized carbons (Fsp3) is 0.308. The molecule has 5 heteroatoms. The molecule has 4 nitrogen and oxygen atoms in total. The second kappa shape index (κ2) is 6.02.